The van der Waals surface area contributed by atoms with Crippen LogP contribution >= 0.6 is 0 Å². The van der Waals surface area contributed by atoms with Gasteiger partial charge < -0.3 is 9.47 Å². The number of methoxy groups -OCH3 is 2. The lowest BCUT2D eigenvalue weighted by Gasteiger charge is -2.38. The molecule has 2 unspecified atom stereocenters. The van der Waals surface area contributed by atoms with Crippen LogP contribution in [0.25, 0.3) is 0 Å². The first-order valence-corrected chi connectivity index (χ1v) is 7.30. The molecule has 0 N–H and O–H groups in total. The van der Waals surface area contributed by atoms with Crippen LogP contribution in [0.3, 0.4) is 0 Å². The van der Waals surface area contributed by atoms with Crippen LogP contribution in [0.1, 0.15) is 32.6 Å². The Morgan fingerprint density at radius 3 is 2.00 bits per heavy atom. The molecule has 1 heterocycles. The first-order chi connectivity index (χ1) is 9.61. The topological polar surface area (TPSA) is 55.6 Å². The summed E-state index contributed by atoms with van der Waals surface area (Å²) in [5.41, 5.74) is 1.01. The fourth-order valence-corrected chi connectivity index (χ4v) is 4.03. The van der Waals surface area contributed by atoms with Crippen molar-refractivity contribution >= 4 is 11.9 Å². The summed E-state index contributed by atoms with van der Waals surface area (Å²) in [7, 11) is 2.71. The molecule has 20 heavy (non-hydrogen) atoms. The summed E-state index contributed by atoms with van der Waals surface area (Å²) in [5, 5.41) is 0. The van der Waals surface area contributed by atoms with Crippen molar-refractivity contribution in [1.29, 1.82) is 0 Å². The number of rotatable bonds is 3. The van der Waals surface area contributed by atoms with Crippen molar-refractivity contribution in [2.24, 2.45) is 5.92 Å². The Hall–Kier alpha value is -1.36. The molecule has 0 amide bonds. The maximum atomic E-state index is 12.0. The van der Waals surface area contributed by atoms with Gasteiger partial charge in [0.15, 0.2) is 0 Å². The van der Waals surface area contributed by atoms with Gasteiger partial charge in [-0.1, -0.05) is 19.8 Å². The minimum atomic E-state index is -0.404. The lowest BCUT2D eigenvalue weighted by Crippen LogP contribution is -2.47. The third-order valence-electron chi connectivity index (χ3n) is 5.02. The molecular weight excluding hydrogens is 258 g/mol. The molecule has 1 saturated carbocycles. The predicted octanol–water partition coefficient (Wildman–Crippen LogP) is 1.27. The Balaban J connectivity index is 1.87. The van der Waals surface area contributed by atoms with Crippen LogP contribution in [-0.4, -0.2) is 49.2 Å². The van der Waals surface area contributed by atoms with E-state index >= 15 is 0 Å². The first kappa shape index (κ1) is 13.6. The van der Waals surface area contributed by atoms with Gasteiger partial charge in [0.05, 0.1) is 31.4 Å². The number of esters is 2. The van der Waals surface area contributed by atoms with Crippen LogP contribution in [0.5, 0.6) is 0 Å². The second-order valence-corrected chi connectivity index (χ2v) is 5.91. The van der Waals surface area contributed by atoms with E-state index in [4.69, 9.17) is 9.47 Å². The van der Waals surface area contributed by atoms with Crippen molar-refractivity contribution in [3.05, 3.63) is 11.1 Å². The molecule has 1 aliphatic heterocycles. The highest BCUT2D eigenvalue weighted by molar-refractivity contribution is 6.05. The SMILES string of the molecule is COC(=O)C1=C(C(=O)OC)[C@H](N2C3CCCCC32)[C@@H]1C. The van der Waals surface area contributed by atoms with E-state index in [9.17, 15) is 9.59 Å². The van der Waals surface area contributed by atoms with Gasteiger partial charge in [-0.3, -0.25) is 4.90 Å². The van der Waals surface area contributed by atoms with Gasteiger partial charge in [-0.05, 0) is 12.8 Å². The number of fused-ring (bicyclic) bond motifs is 1. The van der Waals surface area contributed by atoms with E-state index in [0.29, 0.717) is 23.2 Å². The molecule has 4 atom stereocenters. The van der Waals surface area contributed by atoms with Crippen molar-refractivity contribution < 1.29 is 19.1 Å². The molecule has 110 valence electrons. The Morgan fingerprint density at radius 1 is 1.00 bits per heavy atom. The lowest BCUT2D eigenvalue weighted by atomic mass is 9.73. The van der Waals surface area contributed by atoms with Crippen LogP contribution < -0.4 is 0 Å². The number of hydrogen-bond donors (Lipinski definition) is 0. The van der Waals surface area contributed by atoms with Crippen molar-refractivity contribution in [2.45, 2.75) is 50.7 Å². The number of ether oxygens (including phenoxy) is 2. The second-order valence-electron chi connectivity index (χ2n) is 5.91. The summed E-state index contributed by atoms with van der Waals surface area (Å²) in [6.45, 7) is 1.99. The van der Waals surface area contributed by atoms with Gasteiger partial charge in [0, 0.05) is 18.0 Å². The van der Waals surface area contributed by atoms with E-state index in [1.807, 2.05) is 6.92 Å². The summed E-state index contributed by atoms with van der Waals surface area (Å²) in [4.78, 5) is 26.2. The Kier molecular flexibility index (Phi) is 3.32. The maximum Gasteiger partial charge on any atom is 0.335 e. The molecule has 2 aliphatic carbocycles. The zero-order valence-electron chi connectivity index (χ0n) is 12.2. The molecule has 0 aromatic carbocycles. The highest BCUT2D eigenvalue weighted by atomic mass is 16.5. The van der Waals surface area contributed by atoms with Gasteiger partial charge in [-0.2, -0.15) is 0 Å². The highest BCUT2D eigenvalue weighted by Crippen LogP contribution is 2.51. The Bertz CT molecular complexity index is 472. The molecule has 0 radical (unpaired) electrons. The van der Waals surface area contributed by atoms with Crippen molar-refractivity contribution in [1.82, 2.24) is 4.90 Å². The van der Waals surface area contributed by atoms with E-state index in [1.165, 1.54) is 39.9 Å². The van der Waals surface area contributed by atoms with E-state index in [2.05, 4.69) is 4.90 Å². The summed E-state index contributed by atoms with van der Waals surface area (Å²) in [6, 6.07) is 1.22. The molecule has 3 aliphatic rings. The van der Waals surface area contributed by atoms with E-state index < -0.39 is 11.9 Å². The second kappa shape index (κ2) is 4.88. The molecule has 3 rings (SSSR count). The number of likely N-dealkylation sites (tertiary alicyclic amines) is 1. The fraction of sp³-hybridized carbons (Fsp3) is 0.733. The number of hydrogen-bond acceptors (Lipinski definition) is 5. The summed E-state index contributed by atoms with van der Waals surface area (Å²) in [5.74, 6) is -0.752. The molecule has 1 saturated heterocycles. The van der Waals surface area contributed by atoms with Crippen molar-refractivity contribution in [2.75, 3.05) is 14.2 Å². The van der Waals surface area contributed by atoms with Crippen molar-refractivity contribution in [3.8, 4) is 0 Å². The Morgan fingerprint density at radius 2 is 1.50 bits per heavy atom. The van der Waals surface area contributed by atoms with Gasteiger partial charge in [0.1, 0.15) is 0 Å². The molecule has 2 fully saturated rings. The number of nitrogens with zero attached hydrogens (tertiary/aromatic N) is 1. The zero-order valence-corrected chi connectivity index (χ0v) is 12.2. The fourth-order valence-electron chi connectivity index (χ4n) is 4.03. The molecule has 0 spiro atoms. The average molecular weight is 279 g/mol. The lowest BCUT2D eigenvalue weighted by molar-refractivity contribution is -0.142. The van der Waals surface area contributed by atoms with Crippen LogP contribution in [0.2, 0.25) is 0 Å². The van der Waals surface area contributed by atoms with E-state index in [1.54, 1.807) is 0 Å². The largest absolute Gasteiger partial charge is 0.466 e. The van der Waals surface area contributed by atoms with E-state index in [0.717, 1.165) is 0 Å². The quantitative estimate of drug-likeness (QED) is 0.575. The number of carbonyl (C=O) groups excluding carboxylic acids is 2. The number of carbonyl (C=O) groups is 2. The standard InChI is InChI=1S/C15H21NO4/c1-8-11(14(17)19-2)12(15(18)20-3)13(8)16-9-6-4-5-7-10(9)16/h8-10,13H,4-7H2,1-3H3/t8-,9?,10?,13-,16?/m1/s1. The van der Waals surface area contributed by atoms with Gasteiger partial charge in [0.2, 0.25) is 0 Å². The van der Waals surface area contributed by atoms with Gasteiger partial charge in [-0.15, -0.1) is 0 Å². The predicted molar refractivity (Wildman–Crippen MR) is 71.9 cm³/mol. The minimum absolute atomic E-state index is 0.0321. The molecule has 0 bridgehead atoms. The summed E-state index contributed by atoms with van der Waals surface area (Å²) < 4.78 is 9.65. The molecule has 5 heteroatoms. The summed E-state index contributed by atoms with van der Waals surface area (Å²) >= 11 is 0. The third kappa shape index (κ3) is 1.79. The molecule has 0 aromatic rings. The van der Waals surface area contributed by atoms with Crippen LogP contribution in [0.15, 0.2) is 11.1 Å². The highest BCUT2D eigenvalue weighted by Gasteiger charge is 2.60. The maximum absolute atomic E-state index is 12.0. The Labute approximate surface area is 118 Å². The van der Waals surface area contributed by atoms with Crippen LogP contribution in [0, 0.1) is 5.92 Å². The average Bonchev–Trinajstić information content (AvgIpc) is 3.17. The first-order valence-electron chi connectivity index (χ1n) is 7.30. The normalized spacial score (nSPS) is 38.6. The molecule has 5 nitrogen and oxygen atoms in total. The molecule has 0 aromatic heterocycles. The van der Waals surface area contributed by atoms with Gasteiger partial charge in [-0.25, -0.2) is 9.59 Å². The van der Waals surface area contributed by atoms with Crippen molar-refractivity contribution in [3.63, 3.8) is 0 Å². The van der Waals surface area contributed by atoms with E-state index in [-0.39, 0.29) is 12.0 Å². The monoisotopic (exact) mass is 279 g/mol. The minimum Gasteiger partial charge on any atom is -0.466 e. The van der Waals surface area contributed by atoms with Crippen LogP contribution in [-0.2, 0) is 19.1 Å². The van der Waals surface area contributed by atoms with Gasteiger partial charge in [0.25, 0.3) is 0 Å². The summed E-state index contributed by atoms with van der Waals surface area (Å²) in [6.07, 6.45) is 4.94. The zero-order chi connectivity index (χ0) is 14.4. The third-order valence-corrected chi connectivity index (χ3v) is 5.02. The smallest absolute Gasteiger partial charge is 0.335 e. The van der Waals surface area contributed by atoms with Crippen LogP contribution in [0.4, 0.5) is 0 Å². The van der Waals surface area contributed by atoms with Gasteiger partial charge >= 0.3 is 11.9 Å². The molecular formula is C15H21NO4.